The van der Waals surface area contributed by atoms with E-state index in [1.165, 1.54) is 7.11 Å². The van der Waals surface area contributed by atoms with Gasteiger partial charge in [0.05, 0.1) is 13.7 Å². The molecule has 1 aliphatic carbocycles. The van der Waals surface area contributed by atoms with Crippen molar-refractivity contribution in [1.29, 1.82) is 0 Å². The summed E-state index contributed by atoms with van der Waals surface area (Å²) in [6.07, 6.45) is 6.40. The number of benzene rings is 2. The highest BCUT2D eigenvalue weighted by Gasteiger charge is 2.28. The van der Waals surface area contributed by atoms with Gasteiger partial charge in [0.1, 0.15) is 17.0 Å². The maximum Gasteiger partial charge on any atom is 0.407 e. The molecule has 3 heterocycles. The zero-order chi connectivity index (χ0) is 38.6. The standard InChI is InChI=1S/C42H48N4O7S/c1-24-19-26(23-43-41(50)53-42(3,4)5)20-25(2)35(24)46-38(47)31-21-32-34(52-17-15-27-16-18-54-37(27)32)22-30(31)29-13-14-33(45-36(29)40(49)51-6)39(48)44-28-11-9-7-8-10-12-28/h13-14,16,18-22,28H,7-12,15,17,23H2,1-6H3,(H,43,50)(H,44,48)(H,46,47). The molecule has 0 unspecified atom stereocenters. The van der Waals surface area contributed by atoms with E-state index in [-0.39, 0.29) is 35.4 Å². The second-order valence-corrected chi connectivity index (χ2v) is 15.8. The van der Waals surface area contributed by atoms with Gasteiger partial charge in [0.25, 0.3) is 11.8 Å². The summed E-state index contributed by atoms with van der Waals surface area (Å²) in [5, 5.41) is 11.0. The molecule has 54 heavy (non-hydrogen) atoms. The van der Waals surface area contributed by atoms with Crippen LogP contribution in [0.2, 0.25) is 0 Å². The number of esters is 1. The lowest BCUT2D eigenvalue weighted by atomic mass is 9.93. The fraction of sp³-hybridized carbons (Fsp3) is 0.405. The molecule has 1 fully saturated rings. The van der Waals surface area contributed by atoms with E-state index in [0.717, 1.165) is 71.2 Å². The van der Waals surface area contributed by atoms with E-state index < -0.39 is 23.6 Å². The molecular formula is C42H48N4O7S. The number of pyridine rings is 1. The smallest absolute Gasteiger partial charge is 0.407 e. The summed E-state index contributed by atoms with van der Waals surface area (Å²) >= 11 is 1.57. The van der Waals surface area contributed by atoms with E-state index >= 15 is 0 Å². The van der Waals surface area contributed by atoms with Gasteiger partial charge in [0.2, 0.25) is 0 Å². The normalized spacial score (nSPS) is 14.3. The van der Waals surface area contributed by atoms with Gasteiger partial charge in [-0.15, -0.1) is 11.3 Å². The maximum atomic E-state index is 14.5. The first-order valence-electron chi connectivity index (χ1n) is 18.5. The molecule has 2 aromatic carbocycles. The van der Waals surface area contributed by atoms with Gasteiger partial charge in [-0.25, -0.2) is 14.6 Å². The molecule has 0 saturated heterocycles. The quantitative estimate of drug-likeness (QED) is 0.120. The molecule has 0 radical (unpaired) electrons. The molecule has 0 bridgehead atoms. The van der Waals surface area contributed by atoms with Crippen LogP contribution in [0.4, 0.5) is 10.5 Å². The van der Waals surface area contributed by atoms with E-state index in [4.69, 9.17) is 14.2 Å². The number of hydrogen-bond donors (Lipinski definition) is 3. The second kappa shape index (κ2) is 16.4. The van der Waals surface area contributed by atoms with E-state index in [9.17, 15) is 19.2 Å². The van der Waals surface area contributed by atoms with Crippen molar-refractivity contribution >= 4 is 40.9 Å². The number of thiophene rings is 1. The molecule has 4 aromatic rings. The minimum atomic E-state index is -0.737. The van der Waals surface area contributed by atoms with Crippen molar-refractivity contribution in [2.75, 3.05) is 19.0 Å². The first-order valence-corrected chi connectivity index (χ1v) is 19.4. The van der Waals surface area contributed by atoms with Crippen molar-refractivity contribution in [3.63, 3.8) is 0 Å². The molecule has 11 nitrogen and oxygen atoms in total. The minimum Gasteiger partial charge on any atom is -0.493 e. The number of alkyl carbamates (subject to hydrolysis) is 1. The van der Waals surface area contributed by atoms with E-state index in [0.29, 0.717) is 35.6 Å². The molecule has 12 heteroatoms. The number of nitrogens with zero attached hydrogens (tertiary/aromatic N) is 1. The largest absolute Gasteiger partial charge is 0.493 e. The van der Waals surface area contributed by atoms with Crippen LogP contribution in [0.1, 0.15) is 113 Å². The summed E-state index contributed by atoms with van der Waals surface area (Å²) in [6.45, 7) is 9.89. The average molecular weight is 753 g/mol. The van der Waals surface area contributed by atoms with Crippen molar-refractivity contribution in [1.82, 2.24) is 15.6 Å². The Balaban J connectivity index is 1.38. The summed E-state index contributed by atoms with van der Waals surface area (Å²) in [4.78, 5) is 59.1. The first kappa shape index (κ1) is 38.5. The van der Waals surface area contributed by atoms with Crippen LogP contribution in [-0.2, 0) is 22.4 Å². The van der Waals surface area contributed by atoms with Crippen LogP contribution in [0.15, 0.2) is 47.8 Å². The van der Waals surface area contributed by atoms with Gasteiger partial charge in [0, 0.05) is 51.8 Å². The number of rotatable bonds is 8. The molecule has 284 valence electrons. The lowest BCUT2D eigenvalue weighted by Crippen LogP contribution is -2.35. The second-order valence-electron chi connectivity index (χ2n) is 14.9. The zero-order valence-corrected chi connectivity index (χ0v) is 32.6. The maximum absolute atomic E-state index is 14.5. The molecule has 6 rings (SSSR count). The van der Waals surface area contributed by atoms with Gasteiger partial charge in [0.15, 0.2) is 5.69 Å². The molecule has 3 N–H and O–H groups in total. The number of carbonyl (C=O) groups excluding carboxylic acids is 4. The van der Waals surface area contributed by atoms with Crippen LogP contribution in [0.5, 0.6) is 5.75 Å². The highest BCUT2D eigenvalue weighted by molar-refractivity contribution is 7.13. The minimum absolute atomic E-state index is 0.0458. The third kappa shape index (κ3) is 8.93. The Labute approximate surface area is 320 Å². The van der Waals surface area contributed by atoms with Crippen LogP contribution >= 0.6 is 11.3 Å². The Morgan fingerprint density at radius 2 is 1.63 bits per heavy atom. The van der Waals surface area contributed by atoms with Crippen molar-refractivity contribution in [2.45, 2.75) is 97.8 Å². The van der Waals surface area contributed by atoms with Gasteiger partial charge < -0.3 is 30.2 Å². The van der Waals surface area contributed by atoms with Crippen LogP contribution in [0.25, 0.3) is 21.6 Å². The van der Waals surface area contributed by atoms with E-state index in [2.05, 4.69) is 27.0 Å². The topological polar surface area (TPSA) is 145 Å². The Hall–Kier alpha value is -5.23. The summed E-state index contributed by atoms with van der Waals surface area (Å²) in [5.74, 6) is -0.933. The van der Waals surface area contributed by atoms with E-state index in [1.807, 2.05) is 31.4 Å². The molecule has 1 saturated carbocycles. The third-order valence-electron chi connectivity index (χ3n) is 9.64. The van der Waals surface area contributed by atoms with Crippen molar-refractivity contribution < 1.29 is 33.4 Å². The number of fused-ring (bicyclic) bond motifs is 3. The number of amides is 3. The molecular weight excluding hydrogens is 705 g/mol. The molecule has 2 aromatic heterocycles. The monoisotopic (exact) mass is 752 g/mol. The van der Waals surface area contributed by atoms with Crippen LogP contribution in [0.3, 0.4) is 0 Å². The zero-order valence-electron chi connectivity index (χ0n) is 31.8. The Bertz CT molecular complexity index is 2050. The van der Waals surface area contributed by atoms with Crippen LogP contribution in [0, 0.1) is 13.8 Å². The van der Waals surface area contributed by atoms with Crippen molar-refractivity contribution in [3.05, 3.63) is 87.0 Å². The fourth-order valence-corrected chi connectivity index (χ4v) is 8.06. The molecule has 1 aliphatic heterocycles. The number of anilines is 1. The molecule has 0 spiro atoms. The molecule has 2 aliphatic rings. The Morgan fingerprint density at radius 3 is 2.31 bits per heavy atom. The third-order valence-corrected chi connectivity index (χ3v) is 10.6. The number of aryl methyl sites for hydroxylation is 2. The predicted octanol–water partition coefficient (Wildman–Crippen LogP) is 8.55. The number of hydrogen-bond acceptors (Lipinski definition) is 9. The Kier molecular flexibility index (Phi) is 11.7. The van der Waals surface area contributed by atoms with Crippen LogP contribution < -0.4 is 20.7 Å². The number of nitrogens with one attached hydrogen (secondary N) is 3. The number of ether oxygens (including phenoxy) is 3. The summed E-state index contributed by atoms with van der Waals surface area (Å²) in [6, 6.07) is 12.7. The van der Waals surface area contributed by atoms with Gasteiger partial charge in [-0.1, -0.05) is 37.8 Å². The van der Waals surface area contributed by atoms with Gasteiger partial charge in [-0.3, -0.25) is 9.59 Å². The van der Waals surface area contributed by atoms with Crippen LogP contribution in [-0.4, -0.2) is 54.2 Å². The predicted molar refractivity (Wildman–Crippen MR) is 209 cm³/mol. The Morgan fingerprint density at radius 1 is 0.907 bits per heavy atom. The summed E-state index contributed by atoms with van der Waals surface area (Å²) in [7, 11) is 1.26. The average Bonchev–Trinajstić information content (AvgIpc) is 3.34. The number of aromatic nitrogens is 1. The number of methoxy groups -OCH3 is 1. The highest BCUT2D eigenvalue weighted by Crippen LogP contribution is 2.43. The van der Waals surface area contributed by atoms with Gasteiger partial charge in [-0.05, 0) is 105 Å². The molecule has 3 amide bonds. The summed E-state index contributed by atoms with van der Waals surface area (Å²) < 4.78 is 16.8. The highest BCUT2D eigenvalue weighted by atomic mass is 32.1. The molecule has 0 atom stereocenters. The lowest BCUT2D eigenvalue weighted by molar-refractivity contribution is 0.0521. The lowest BCUT2D eigenvalue weighted by Gasteiger charge is -2.20. The van der Waals surface area contributed by atoms with Gasteiger partial charge in [-0.2, -0.15) is 0 Å². The van der Waals surface area contributed by atoms with Crippen molar-refractivity contribution in [2.24, 2.45) is 0 Å². The number of carbonyl (C=O) groups is 4. The fourth-order valence-electron chi connectivity index (χ4n) is 7.09. The summed E-state index contributed by atoms with van der Waals surface area (Å²) in [5.41, 5.74) is 5.37. The van der Waals surface area contributed by atoms with Crippen molar-refractivity contribution in [3.8, 4) is 27.3 Å². The van der Waals surface area contributed by atoms with Gasteiger partial charge >= 0.3 is 12.1 Å². The SMILES string of the molecule is COC(=O)c1nc(C(=O)NC2CCCCCC2)ccc1-c1cc2c(cc1C(=O)Nc1c(C)cc(CNC(=O)OC(C)(C)C)cc1C)-c1sccc1CCO2. The van der Waals surface area contributed by atoms with E-state index in [1.54, 1.807) is 56.4 Å². The first-order chi connectivity index (χ1) is 25.8.